The summed E-state index contributed by atoms with van der Waals surface area (Å²) in [6, 6.07) is 8.15. The summed E-state index contributed by atoms with van der Waals surface area (Å²) < 4.78 is 10.6. The Morgan fingerprint density at radius 2 is 2.35 bits per heavy atom. The number of aliphatic hydroxyl groups is 1. The molecule has 2 unspecified atom stereocenters. The first kappa shape index (κ1) is 13.6. The van der Waals surface area contributed by atoms with E-state index in [9.17, 15) is 9.90 Å². The number of aliphatic hydroxyl groups excluding tert-OH is 1. The van der Waals surface area contributed by atoms with Crippen LogP contribution in [0.2, 0.25) is 0 Å². The Kier molecular flexibility index (Phi) is 3.30. The highest BCUT2D eigenvalue weighted by Crippen LogP contribution is 2.51. The van der Waals surface area contributed by atoms with Gasteiger partial charge in [0.1, 0.15) is 11.7 Å². The molecule has 2 aliphatic rings. The van der Waals surface area contributed by atoms with E-state index in [0.29, 0.717) is 6.61 Å². The van der Waals surface area contributed by atoms with Crippen LogP contribution in [0.3, 0.4) is 0 Å². The number of esters is 1. The molecule has 2 fully saturated rings. The van der Waals surface area contributed by atoms with Crippen LogP contribution in [0.4, 0.5) is 0 Å². The molecule has 3 rings (SSSR count). The van der Waals surface area contributed by atoms with Crippen molar-refractivity contribution in [1.82, 2.24) is 0 Å². The zero-order valence-corrected chi connectivity index (χ0v) is 11.8. The lowest BCUT2D eigenvalue weighted by molar-refractivity contribution is -0.144. The summed E-state index contributed by atoms with van der Waals surface area (Å²) in [5.74, 6) is 0.181. The molecule has 1 aromatic carbocycles. The fourth-order valence-corrected chi connectivity index (χ4v) is 2.88. The molecule has 0 aromatic heterocycles. The van der Waals surface area contributed by atoms with Gasteiger partial charge in [-0.2, -0.15) is 0 Å². The molecule has 20 heavy (non-hydrogen) atoms. The van der Waals surface area contributed by atoms with E-state index in [4.69, 9.17) is 9.47 Å². The second-order valence-electron chi connectivity index (χ2n) is 5.72. The Morgan fingerprint density at radius 3 is 3.00 bits per heavy atom. The van der Waals surface area contributed by atoms with Gasteiger partial charge in [-0.1, -0.05) is 24.3 Å². The maximum Gasteiger partial charge on any atom is 0.309 e. The molecule has 1 aliphatic heterocycles. The molecule has 4 nitrogen and oxygen atoms in total. The van der Waals surface area contributed by atoms with Crippen LogP contribution in [-0.2, 0) is 19.9 Å². The molecule has 1 aliphatic carbocycles. The topological polar surface area (TPSA) is 59.1 Å². The summed E-state index contributed by atoms with van der Waals surface area (Å²) in [7, 11) is 0. The van der Waals surface area contributed by atoms with Gasteiger partial charge < -0.3 is 14.6 Å². The van der Waals surface area contributed by atoms with Crippen molar-refractivity contribution in [1.29, 1.82) is 0 Å². The first-order valence-electron chi connectivity index (χ1n) is 7.16. The molecule has 108 valence electrons. The number of epoxide rings is 1. The summed E-state index contributed by atoms with van der Waals surface area (Å²) in [4.78, 5) is 11.7. The summed E-state index contributed by atoms with van der Waals surface area (Å²) in [5, 5.41) is 9.18. The predicted octanol–water partition coefficient (Wildman–Crippen LogP) is 1.96. The zero-order chi connectivity index (χ0) is 14.3. The van der Waals surface area contributed by atoms with E-state index in [-0.39, 0.29) is 36.1 Å². The second kappa shape index (κ2) is 4.86. The normalized spacial score (nSPS) is 34.6. The SMILES string of the molecule is CCOC(=O)[C@@H]1C[C@H]1c1cccc(C2(C)OC2CO)c1. The van der Waals surface area contributed by atoms with Gasteiger partial charge in [0.15, 0.2) is 0 Å². The number of benzene rings is 1. The molecule has 1 saturated carbocycles. The van der Waals surface area contributed by atoms with E-state index in [0.717, 1.165) is 17.5 Å². The van der Waals surface area contributed by atoms with Gasteiger partial charge in [-0.25, -0.2) is 0 Å². The first-order chi connectivity index (χ1) is 9.60. The van der Waals surface area contributed by atoms with Gasteiger partial charge in [0.05, 0.1) is 19.1 Å². The largest absolute Gasteiger partial charge is 0.466 e. The standard InChI is InChI=1S/C16H20O4/c1-3-19-15(18)13-8-12(13)10-5-4-6-11(7-10)16(2)14(9-17)20-16/h4-7,12-14,17H,3,8-9H2,1-2H3/t12-,13+,14?,16?/m0/s1. The second-order valence-corrected chi connectivity index (χ2v) is 5.72. The van der Waals surface area contributed by atoms with Crippen LogP contribution in [0.1, 0.15) is 37.3 Å². The molecular formula is C16H20O4. The average Bonchev–Trinajstić information content (AvgIpc) is 3.34. The minimum absolute atomic E-state index is 0.00627. The van der Waals surface area contributed by atoms with Crippen LogP contribution < -0.4 is 0 Å². The van der Waals surface area contributed by atoms with E-state index < -0.39 is 0 Å². The smallest absolute Gasteiger partial charge is 0.309 e. The molecule has 0 spiro atoms. The van der Waals surface area contributed by atoms with E-state index in [2.05, 4.69) is 6.07 Å². The lowest BCUT2D eigenvalue weighted by Gasteiger charge is -2.09. The average molecular weight is 276 g/mol. The van der Waals surface area contributed by atoms with E-state index in [1.54, 1.807) is 0 Å². The first-order valence-corrected chi connectivity index (χ1v) is 7.16. The fraction of sp³-hybridized carbons (Fsp3) is 0.562. The van der Waals surface area contributed by atoms with E-state index in [1.807, 2.05) is 32.0 Å². The Labute approximate surface area is 118 Å². The summed E-state index contributed by atoms with van der Waals surface area (Å²) in [6.07, 6.45) is 0.751. The number of ether oxygens (including phenoxy) is 2. The van der Waals surface area contributed by atoms with Crippen molar-refractivity contribution in [2.75, 3.05) is 13.2 Å². The minimum atomic E-state index is -0.376. The number of hydrogen-bond donors (Lipinski definition) is 1. The van der Waals surface area contributed by atoms with Crippen LogP contribution in [-0.4, -0.2) is 30.4 Å². The Morgan fingerprint density at radius 1 is 1.55 bits per heavy atom. The lowest BCUT2D eigenvalue weighted by atomic mass is 9.94. The molecule has 4 heteroatoms. The fourth-order valence-electron chi connectivity index (χ4n) is 2.88. The quantitative estimate of drug-likeness (QED) is 0.659. The molecule has 0 amide bonds. The van der Waals surface area contributed by atoms with Crippen molar-refractivity contribution < 1.29 is 19.4 Å². The zero-order valence-electron chi connectivity index (χ0n) is 11.8. The number of hydrogen-bond acceptors (Lipinski definition) is 4. The molecular weight excluding hydrogens is 256 g/mol. The van der Waals surface area contributed by atoms with Crippen LogP contribution in [0.15, 0.2) is 24.3 Å². The maximum atomic E-state index is 11.7. The summed E-state index contributed by atoms with van der Waals surface area (Å²) in [5.41, 5.74) is 1.86. The van der Waals surface area contributed by atoms with Crippen LogP contribution in [0, 0.1) is 5.92 Å². The Bertz CT molecular complexity index is 527. The van der Waals surface area contributed by atoms with Crippen LogP contribution in [0.25, 0.3) is 0 Å². The number of carbonyl (C=O) groups excluding carboxylic acids is 1. The third kappa shape index (κ3) is 2.23. The van der Waals surface area contributed by atoms with Gasteiger partial charge in [0.2, 0.25) is 0 Å². The van der Waals surface area contributed by atoms with Gasteiger partial charge in [-0.3, -0.25) is 4.79 Å². The number of carbonyl (C=O) groups is 1. The van der Waals surface area contributed by atoms with Crippen molar-refractivity contribution >= 4 is 5.97 Å². The molecule has 4 atom stereocenters. The van der Waals surface area contributed by atoms with Crippen molar-refractivity contribution in [3.63, 3.8) is 0 Å². The molecule has 1 saturated heterocycles. The van der Waals surface area contributed by atoms with E-state index in [1.165, 1.54) is 0 Å². The Balaban J connectivity index is 1.73. The van der Waals surface area contributed by atoms with Gasteiger partial charge in [-0.15, -0.1) is 0 Å². The summed E-state index contributed by atoms with van der Waals surface area (Å²) in [6.45, 7) is 4.29. The highest BCUT2D eigenvalue weighted by Gasteiger charge is 2.53. The third-order valence-electron chi connectivity index (χ3n) is 4.38. The maximum absolute atomic E-state index is 11.7. The molecule has 0 radical (unpaired) electrons. The molecule has 1 N–H and O–H groups in total. The highest BCUT2D eigenvalue weighted by molar-refractivity contribution is 5.77. The van der Waals surface area contributed by atoms with Gasteiger partial charge in [0, 0.05) is 0 Å². The highest BCUT2D eigenvalue weighted by atomic mass is 16.6. The van der Waals surface area contributed by atoms with Gasteiger partial charge >= 0.3 is 5.97 Å². The predicted molar refractivity (Wildman–Crippen MR) is 73.2 cm³/mol. The molecule has 1 aromatic rings. The summed E-state index contributed by atoms with van der Waals surface area (Å²) >= 11 is 0. The minimum Gasteiger partial charge on any atom is -0.466 e. The monoisotopic (exact) mass is 276 g/mol. The Hall–Kier alpha value is -1.39. The van der Waals surface area contributed by atoms with Gasteiger partial charge in [0.25, 0.3) is 0 Å². The van der Waals surface area contributed by atoms with Crippen molar-refractivity contribution in [3.05, 3.63) is 35.4 Å². The third-order valence-corrected chi connectivity index (χ3v) is 4.38. The van der Waals surface area contributed by atoms with Crippen LogP contribution in [0.5, 0.6) is 0 Å². The van der Waals surface area contributed by atoms with Crippen molar-refractivity contribution in [3.8, 4) is 0 Å². The molecule has 0 bridgehead atoms. The van der Waals surface area contributed by atoms with Gasteiger partial charge in [-0.05, 0) is 37.3 Å². The lowest BCUT2D eigenvalue weighted by Crippen LogP contribution is -2.11. The van der Waals surface area contributed by atoms with Crippen LogP contribution >= 0.6 is 0 Å². The number of rotatable bonds is 5. The van der Waals surface area contributed by atoms with E-state index >= 15 is 0 Å². The molecule has 1 heterocycles. The van der Waals surface area contributed by atoms with Crippen molar-refractivity contribution in [2.24, 2.45) is 5.92 Å². The van der Waals surface area contributed by atoms with Crippen molar-refractivity contribution in [2.45, 2.75) is 37.9 Å².